The molecule has 0 fully saturated rings. The minimum absolute atomic E-state index is 0.166. The van der Waals surface area contributed by atoms with E-state index >= 15 is 0 Å². The van der Waals surface area contributed by atoms with E-state index in [-0.39, 0.29) is 23.2 Å². The highest BCUT2D eigenvalue weighted by Crippen LogP contribution is 2.45. The SMILES string of the molecule is CCCSc1nc2c(c(=O)[nH]1)[C@H](c1ccc(N(C)C)cc1)[C@H]1C(=O)CCC=C1N2. The van der Waals surface area contributed by atoms with Crippen LogP contribution < -0.4 is 15.8 Å². The summed E-state index contributed by atoms with van der Waals surface area (Å²) in [4.78, 5) is 35.6. The first kappa shape index (κ1) is 19.8. The van der Waals surface area contributed by atoms with Crippen molar-refractivity contribution in [2.45, 2.75) is 37.3 Å². The van der Waals surface area contributed by atoms with Crippen LogP contribution in [0.2, 0.25) is 0 Å². The first-order chi connectivity index (χ1) is 14.0. The minimum atomic E-state index is -0.362. The van der Waals surface area contributed by atoms with Gasteiger partial charge in [0.2, 0.25) is 0 Å². The number of carbonyl (C=O) groups excluding carboxylic acids is 1. The standard InChI is InChI=1S/C22H26N4O2S/c1-4-12-29-22-24-20-19(21(28)25-22)17(13-8-10-14(11-9-13)26(2)3)18-15(23-20)6-5-7-16(18)27/h6,8-11,17-18H,4-5,7,12H2,1-3H3,(H2,23,24,25,28)/t17-,18-/m1/s1. The summed E-state index contributed by atoms with van der Waals surface area (Å²) in [6.45, 7) is 2.10. The Bertz CT molecular complexity index is 1010. The van der Waals surface area contributed by atoms with Crippen LogP contribution in [-0.2, 0) is 4.79 Å². The molecule has 2 N–H and O–H groups in total. The van der Waals surface area contributed by atoms with Crippen LogP contribution in [0.25, 0.3) is 0 Å². The van der Waals surface area contributed by atoms with Crippen LogP contribution in [0.5, 0.6) is 0 Å². The quantitative estimate of drug-likeness (QED) is 0.577. The summed E-state index contributed by atoms with van der Waals surface area (Å²) in [6, 6.07) is 8.10. The van der Waals surface area contributed by atoms with E-state index in [4.69, 9.17) is 0 Å². The highest BCUT2D eigenvalue weighted by atomic mass is 32.2. The minimum Gasteiger partial charge on any atom is -0.378 e. The van der Waals surface area contributed by atoms with Crippen molar-refractivity contribution in [3.63, 3.8) is 0 Å². The van der Waals surface area contributed by atoms with Gasteiger partial charge in [-0.1, -0.05) is 36.9 Å². The van der Waals surface area contributed by atoms with Crippen LogP contribution in [0.15, 0.2) is 46.0 Å². The summed E-state index contributed by atoms with van der Waals surface area (Å²) in [7, 11) is 3.98. The maximum atomic E-state index is 13.1. The zero-order valence-electron chi connectivity index (χ0n) is 17.0. The number of aromatic nitrogens is 2. The summed E-state index contributed by atoms with van der Waals surface area (Å²) in [5.74, 6) is 0.944. The zero-order valence-corrected chi connectivity index (χ0v) is 17.8. The highest BCUT2D eigenvalue weighted by molar-refractivity contribution is 7.99. The lowest BCUT2D eigenvalue weighted by Crippen LogP contribution is -2.38. The number of hydrogen-bond donors (Lipinski definition) is 2. The molecule has 1 aromatic carbocycles. The van der Waals surface area contributed by atoms with Gasteiger partial charge in [0.25, 0.3) is 5.56 Å². The van der Waals surface area contributed by atoms with Crippen LogP contribution in [0.3, 0.4) is 0 Å². The largest absolute Gasteiger partial charge is 0.378 e. The summed E-state index contributed by atoms with van der Waals surface area (Å²) >= 11 is 1.54. The zero-order chi connectivity index (χ0) is 20.5. The average molecular weight is 411 g/mol. The number of ketones is 1. The van der Waals surface area contributed by atoms with E-state index in [0.717, 1.165) is 35.5 Å². The number of nitrogens with zero attached hydrogens (tertiary/aromatic N) is 2. The predicted octanol–water partition coefficient (Wildman–Crippen LogP) is 3.76. The number of anilines is 2. The van der Waals surface area contributed by atoms with Gasteiger partial charge in [0.05, 0.1) is 11.5 Å². The molecule has 1 aliphatic carbocycles. The number of nitrogens with one attached hydrogen (secondary N) is 2. The molecular weight excluding hydrogens is 384 g/mol. The monoisotopic (exact) mass is 410 g/mol. The number of benzene rings is 1. The lowest BCUT2D eigenvalue weighted by Gasteiger charge is -2.36. The molecule has 1 aliphatic heterocycles. The van der Waals surface area contributed by atoms with Crippen LogP contribution in [0, 0.1) is 5.92 Å². The lowest BCUT2D eigenvalue weighted by atomic mass is 9.72. The van der Waals surface area contributed by atoms with Gasteiger partial charge in [0, 0.05) is 43.6 Å². The Balaban J connectivity index is 1.85. The van der Waals surface area contributed by atoms with Crippen LogP contribution in [0.4, 0.5) is 11.5 Å². The van der Waals surface area contributed by atoms with E-state index in [1.165, 1.54) is 0 Å². The third kappa shape index (κ3) is 3.71. The summed E-state index contributed by atoms with van der Waals surface area (Å²) < 4.78 is 0. The molecule has 1 aromatic heterocycles. The number of thioether (sulfide) groups is 1. The van der Waals surface area contributed by atoms with Crippen molar-refractivity contribution >= 4 is 29.1 Å². The fourth-order valence-electron chi connectivity index (χ4n) is 4.07. The van der Waals surface area contributed by atoms with Gasteiger partial charge in [0.15, 0.2) is 5.16 Å². The maximum absolute atomic E-state index is 13.1. The predicted molar refractivity (Wildman–Crippen MR) is 118 cm³/mol. The second kappa shape index (κ2) is 8.06. The van der Waals surface area contributed by atoms with E-state index in [2.05, 4.69) is 28.3 Å². The Morgan fingerprint density at radius 3 is 2.62 bits per heavy atom. The van der Waals surface area contributed by atoms with E-state index in [1.807, 2.05) is 43.3 Å². The van der Waals surface area contributed by atoms with Gasteiger partial charge < -0.3 is 15.2 Å². The Morgan fingerprint density at radius 2 is 1.93 bits per heavy atom. The van der Waals surface area contributed by atoms with Gasteiger partial charge in [0.1, 0.15) is 11.6 Å². The highest BCUT2D eigenvalue weighted by Gasteiger charge is 2.42. The van der Waals surface area contributed by atoms with Crippen molar-refractivity contribution in [2.24, 2.45) is 5.92 Å². The van der Waals surface area contributed by atoms with Gasteiger partial charge in [-0.05, 0) is 30.5 Å². The molecule has 0 radical (unpaired) electrons. The summed E-state index contributed by atoms with van der Waals surface area (Å²) in [5.41, 5.74) is 3.30. The molecular formula is C22H26N4O2S. The molecule has 0 bridgehead atoms. The average Bonchev–Trinajstić information content (AvgIpc) is 2.71. The summed E-state index contributed by atoms with van der Waals surface area (Å²) in [6.07, 6.45) is 4.31. The van der Waals surface area contributed by atoms with Gasteiger partial charge in [-0.25, -0.2) is 4.98 Å². The molecule has 152 valence electrons. The molecule has 2 atom stereocenters. The van der Waals surface area contributed by atoms with Crippen LogP contribution in [0.1, 0.15) is 43.2 Å². The van der Waals surface area contributed by atoms with E-state index in [0.29, 0.717) is 23.0 Å². The molecule has 2 heterocycles. The Morgan fingerprint density at radius 1 is 1.17 bits per heavy atom. The Labute approximate surface area is 174 Å². The summed E-state index contributed by atoms with van der Waals surface area (Å²) in [5, 5.41) is 3.92. The van der Waals surface area contributed by atoms with E-state index < -0.39 is 0 Å². The van der Waals surface area contributed by atoms with E-state index in [1.54, 1.807) is 11.8 Å². The maximum Gasteiger partial charge on any atom is 0.257 e. The molecule has 2 aromatic rings. The van der Waals surface area contributed by atoms with Crippen molar-refractivity contribution in [1.82, 2.24) is 9.97 Å². The Kier molecular flexibility index (Phi) is 5.50. The first-order valence-electron chi connectivity index (χ1n) is 10.0. The van der Waals surface area contributed by atoms with Crippen molar-refractivity contribution < 1.29 is 4.79 Å². The van der Waals surface area contributed by atoms with Gasteiger partial charge in [-0.15, -0.1) is 0 Å². The number of allylic oxidation sites excluding steroid dienone is 2. The van der Waals surface area contributed by atoms with Crippen molar-refractivity contribution in [1.29, 1.82) is 0 Å². The fraction of sp³-hybridized carbons (Fsp3) is 0.409. The third-order valence-corrected chi connectivity index (χ3v) is 6.57. The van der Waals surface area contributed by atoms with Gasteiger partial charge >= 0.3 is 0 Å². The second-order valence-electron chi connectivity index (χ2n) is 7.71. The second-order valence-corrected chi connectivity index (χ2v) is 8.80. The first-order valence-corrected chi connectivity index (χ1v) is 11.0. The molecule has 4 rings (SSSR count). The molecule has 6 nitrogen and oxygen atoms in total. The molecule has 2 aliphatic rings. The lowest BCUT2D eigenvalue weighted by molar-refractivity contribution is -0.122. The molecule has 0 saturated carbocycles. The molecule has 0 saturated heterocycles. The van der Waals surface area contributed by atoms with Crippen molar-refractivity contribution in [3.8, 4) is 0 Å². The number of fused-ring (bicyclic) bond motifs is 2. The third-order valence-electron chi connectivity index (χ3n) is 5.49. The number of rotatable bonds is 5. The van der Waals surface area contributed by atoms with Crippen LogP contribution in [-0.4, -0.2) is 35.6 Å². The topological polar surface area (TPSA) is 78.1 Å². The number of hydrogen-bond acceptors (Lipinski definition) is 6. The molecule has 0 amide bonds. The smallest absolute Gasteiger partial charge is 0.257 e. The van der Waals surface area contributed by atoms with Gasteiger partial charge in [-0.2, -0.15) is 0 Å². The molecule has 29 heavy (non-hydrogen) atoms. The van der Waals surface area contributed by atoms with Crippen LogP contribution >= 0.6 is 11.8 Å². The van der Waals surface area contributed by atoms with Crippen molar-refractivity contribution in [2.75, 3.05) is 30.1 Å². The fourth-order valence-corrected chi connectivity index (χ4v) is 4.79. The van der Waals surface area contributed by atoms with Crippen molar-refractivity contribution in [3.05, 3.63) is 57.5 Å². The van der Waals surface area contributed by atoms with Gasteiger partial charge in [-0.3, -0.25) is 9.59 Å². The molecule has 0 unspecified atom stereocenters. The number of H-pyrrole nitrogens is 1. The van der Waals surface area contributed by atoms with E-state index in [9.17, 15) is 9.59 Å². The Hall–Kier alpha value is -2.54. The number of aromatic amines is 1. The molecule has 0 spiro atoms. The normalized spacial score (nSPS) is 20.4. The number of carbonyl (C=O) groups is 1. The molecule has 7 heteroatoms. The number of Topliss-reactive ketones (excluding diaryl/α,β-unsaturated/α-hetero) is 1.